The van der Waals surface area contributed by atoms with Gasteiger partial charge in [0.15, 0.2) is 0 Å². The lowest BCUT2D eigenvalue weighted by molar-refractivity contribution is -0.117. The zero-order valence-electron chi connectivity index (χ0n) is 18.0. The van der Waals surface area contributed by atoms with Gasteiger partial charge in [-0.2, -0.15) is 4.31 Å². The maximum atomic E-state index is 12.9. The van der Waals surface area contributed by atoms with Gasteiger partial charge in [0.25, 0.3) is 0 Å². The van der Waals surface area contributed by atoms with Crippen molar-refractivity contribution in [1.29, 1.82) is 0 Å². The Kier molecular flexibility index (Phi) is 6.64. The Labute approximate surface area is 178 Å². The molecule has 0 saturated carbocycles. The van der Waals surface area contributed by atoms with Gasteiger partial charge in [-0.25, -0.2) is 8.42 Å². The second-order valence-electron chi connectivity index (χ2n) is 8.72. The van der Waals surface area contributed by atoms with Crippen LogP contribution in [-0.2, 0) is 20.2 Å². The van der Waals surface area contributed by atoms with E-state index in [0.717, 1.165) is 11.3 Å². The number of benzene rings is 1. The van der Waals surface area contributed by atoms with Crippen molar-refractivity contribution in [3.05, 3.63) is 41.6 Å². The molecule has 164 valence electrons. The van der Waals surface area contributed by atoms with Crippen LogP contribution in [0.15, 0.2) is 39.8 Å². The largest absolute Gasteiger partial charge is 0.338 e. The summed E-state index contributed by atoms with van der Waals surface area (Å²) in [6, 6.07) is 8.62. The van der Waals surface area contributed by atoms with Gasteiger partial charge in [-0.05, 0) is 32.0 Å². The number of hydrogen-bond acceptors (Lipinski definition) is 6. The summed E-state index contributed by atoms with van der Waals surface area (Å²) in [6.07, 6.45) is 0.662. The van der Waals surface area contributed by atoms with E-state index in [1.807, 2.05) is 32.6 Å². The number of hydrogen-bond donors (Lipinski definition) is 1. The molecule has 0 radical (unpaired) electrons. The third kappa shape index (κ3) is 5.47. The fourth-order valence-corrected chi connectivity index (χ4v) is 4.74. The molecule has 1 amide bonds. The van der Waals surface area contributed by atoms with E-state index in [2.05, 4.69) is 10.5 Å². The zero-order chi connectivity index (χ0) is 21.9. The Morgan fingerprint density at radius 3 is 2.47 bits per heavy atom. The quantitative estimate of drug-likeness (QED) is 0.777. The summed E-state index contributed by atoms with van der Waals surface area (Å²) in [5.41, 5.74) is 1.62. The summed E-state index contributed by atoms with van der Waals surface area (Å²) in [7, 11) is -3.53. The molecule has 2 heterocycles. The zero-order valence-corrected chi connectivity index (χ0v) is 18.8. The third-order valence-corrected chi connectivity index (χ3v) is 7.03. The highest BCUT2D eigenvalue weighted by Crippen LogP contribution is 2.23. The van der Waals surface area contributed by atoms with Gasteiger partial charge in [0, 0.05) is 31.1 Å². The predicted molar refractivity (Wildman–Crippen MR) is 115 cm³/mol. The van der Waals surface area contributed by atoms with E-state index >= 15 is 0 Å². The van der Waals surface area contributed by atoms with Crippen molar-refractivity contribution in [1.82, 2.24) is 14.4 Å². The van der Waals surface area contributed by atoms with E-state index in [0.29, 0.717) is 43.4 Å². The Balaban J connectivity index is 1.56. The van der Waals surface area contributed by atoms with Crippen LogP contribution in [0.3, 0.4) is 0 Å². The summed E-state index contributed by atoms with van der Waals surface area (Å²) in [5, 5.41) is 6.73. The maximum Gasteiger partial charge on any atom is 0.243 e. The van der Waals surface area contributed by atoms with Crippen molar-refractivity contribution < 1.29 is 17.7 Å². The molecule has 9 heteroatoms. The van der Waals surface area contributed by atoms with Crippen LogP contribution in [0, 0.1) is 6.92 Å². The molecule has 30 heavy (non-hydrogen) atoms. The van der Waals surface area contributed by atoms with Crippen molar-refractivity contribution in [3.63, 3.8) is 0 Å². The van der Waals surface area contributed by atoms with Gasteiger partial charge in [-0.15, -0.1) is 0 Å². The normalized spacial score (nSPS) is 16.9. The first kappa shape index (κ1) is 22.5. The van der Waals surface area contributed by atoms with Gasteiger partial charge in [0.2, 0.25) is 21.8 Å². The molecule has 1 aromatic carbocycles. The number of anilines is 1. The standard InChI is InChI=1S/C21H30N4O4S/c1-16-6-8-17(9-7-16)30(27,28)25-11-5-10-24(12-13-25)15-19(26)22-20-14-18(23-29-20)21(2,3)4/h6-9,14H,5,10-13,15H2,1-4H3,(H,22,26). The molecule has 0 bridgehead atoms. The van der Waals surface area contributed by atoms with Gasteiger partial charge in [-0.1, -0.05) is 43.6 Å². The molecule has 0 aliphatic carbocycles. The number of carbonyl (C=O) groups is 1. The van der Waals surface area contributed by atoms with E-state index in [9.17, 15) is 13.2 Å². The molecule has 8 nitrogen and oxygen atoms in total. The Bertz CT molecular complexity index is 977. The second kappa shape index (κ2) is 8.87. The molecule has 1 fully saturated rings. The Morgan fingerprint density at radius 1 is 1.13 bits per heavy atom. The van der Waals surface area contributed by atoms with Gasteiger partial charge < -0.3 is 4.52 Å². The van der Waals surface area contributed by atoms with Crippen molar-refractivity contribution in [3.8, 4) is 0 Å². The van der Waals surface area contributed by atoms with Crippen LogP contribution in [-0.4, -0.2) is 61.4 Å². The number of nitrogens with zero attached hydrogens (tertiary/aromatic N) is 3. The van der Waals surface area contributed by atoms with Gasteiger partial charge >= 0.3 is 0 Å². The van der Waals surface area contributed by atoms with E-state index in [-0.39, 0.29) is 17.9 Å². The highest BCUT2D eigenvalue weighted by atomic mass is 32.2. The minimum Gasteiger partial charge on any atom is -0.338 e. The molecule has 1 aliphatic heterocycles. The number of rotatable bonds is 5. The van der Waals surface area contributed by atoms with Crippen molar-refractivity contribution in [2.45, 2.75) is 44.4 Å². The number of nitrogens with one attached hydrogen (secondary N) is 1. The molecule has 0 spiro atoms. The van der Waals surface area contributed by atoms with Crippen molar-refractivity contribution in [2.75, 3.05) is 38.0 Å². The third-order valence-electron chi connectivity index (χ3n) is 5.11. The monoisotopic (exact) mass is 434 g/mol. The number of carbonyl (C=O) groups excluding carboxylic acids is 1. The second-order valence-corrected chi connectivity index (χ2v) is 10.7. The summed E-state index contributed by atoms with van der Waals surface area (Å²) in [5.74, 6) is 0.116. The van der Waals surface area contributed by atoms with Crippen molar-refractivity contribution >= 4 is 21.8 Å². The van der Waals surface area contributed by atoms with Crippen LogP contribution in [0.1, 0.15) is 38.4 Å². The molecule has 1 aliphatic rings. The lowest BCUT2D eigenvalue weighted by Gasteiger charge is -2.21. The summed E-state index contributed by atoms with van der Waals surface area (Å²) < 4.78 is 32.5. The maximum absolute atomic E-state index is 12.9. The molecule has 2 aromatic rings. The number of aromatic nitrogens is 1. The minimum atomic E-state index is -3.53. The highest BCUT2D eigenvalue weighted by molar-refractivity contribution is 7.89. The molecule has 1 saturated heterocycles. The molecule has 1 aromatic heterocycles. The molecular formula is C21H30N4O4S. The number of aryl methyl sites for hydroxylation is 1. The van der Waals surface area contributed by atoms with Crippen LogP contribution in [0.2, 0.25) is 0 Å². The smallest absolute Gasteiger partial charge is 0.243 e. The number of sulfonamides is 1. The van der Waals surface area contributed by atoms with Crippen LogP contribution in [0.25, 0.3) is 0 Å². The summed E-state index contributed by atoms with van der Waals surface area (Å²) in [6.45, 7) is 10.1. The Hall–Kier alpha value is -2.23. The first-order chi connectivity index (χ1) is 14.1. The average molecular weight is 435 g/mol. The topological polar surface area (TPSA) is 95.8 Å². The van der Waals surface area contributed by atoms with E-state index in [4.69, 9.17) is 4.52 Å². The van der Waals surface area contributed by atoms with Crippen molar-refractivity contribution in [2.24, 2.45) is 0 Å². The van der Waals surface area contributed by atoms with Crippen LogP contribution >= 0.6 is 0 Å². The lowest BCUT2D eigenvalue weighted by atomic mass is 9.92. The van der Waals surface area contributed by atoms with Crippen LogP contribution in [0.5, 0.6) is 0 Å². The lowest BCUT2D eigenvalue weighted by Crippen LogP contribution is -2.38. The first-order valence-corrected chi connectivity index (χ1v) is 11.6. The predicted octanol–water partition coefficient (Wildman–Crippen LogP) is 2.62. The molecular weight excluding hydrogens is 404 g/mol. The number of amides is 1. The van der Waals surface area contributed by atoms with E-state index in [1.54, 1.807) is 30.3 Å². The highest BCUT2D eigenvalue weighted by Gasteiger charge is 2.27. The van der Waals surface area contributed by atoms with Gasteiger partial charge in [-0.3, -0.25) is 15.0 Å². The Morgan fingerprint density at radius 2 is 1.83 bits per heavy atom. The SMILES string of the molecule is Cc1ccc(S(=O)(=O)N2CCCN(CC(=O)Nc3cc(C(C)(C)C)no3)CC2)cc1. The van der Waals surface area contributed by atoms with Crippen LogP contribution < -0.4 is 5.32 Å². The summed E-state index contributed by atoms with van der Waals surface area (Å²) >= 11 is 0. The van der Waals surface area contributed by atoms with E-state index < -0.39 is 10.0 Å². The molecule has 0 atom stereocenters. The molecule has 1 N–H and O–H groups in total. The van der Waals surface area contributed by atoms with E-state index in [1.165, 1.54) is 4.31 Å². The van der Waals surface area contributed by atoms with Gasteiger partial charge in [0.1, 0.15) is 0 Å². The molecule has 0 unspecified atom stereocenters. The molecule has 3 rings (SSSR count). The summed E-state index contributed by atoms with van der Waals surface area (Å²) in [4.78, 5) is 14.7. The fraction of sp³-hybridized carbons (Fsp3) is 0.524. The fourth-order valence-electron chi connectivity index (χ4n) is 3.27. The average Bonchev–Trinajstić information content (AvgIpc) is 3.00. The van der Waals surface area contributed by atoms with Crippen LogP contribution in [0.4, 0.5) is 5.88 Å². The van der Waals surface area contributed by atoms with Gasteiger partial charge in [0.05, 0.1) is 17.1 Å². The minimum absolute atomic E-state index is 0.163. The first-order valence-electron chi connectivity index (χ1n) is 10.1.